The van der Waals surface area contributed by atoms with Crippen LogP contribution in [0.1, 0.15) is 12.8 Å². The van der Waals surface area contributed by atoms with Crippen LogP contribution in [0.5, 0.6) is 0 Å². The van der Waals surface area contributed by atoms with Crippen molar-refractivity contribution in [2.45, 2.75) is 18.9 Å². The maximum atomic E-state index is 9.66. The van der Waals surface area contributed by atoms with Crippen LogP contribution in [0.3, 0.4) is 0 Å². The maximum Gasteiger partial charge on any atom is 0.298 e. The van der Waals surface area contributed by atoms with Gasteiger partial charge in [-0.25, -0.2) is 0 Å². The van der Waals surface area contributed by atoms with Gasteiger partial charge in [0.05, 0.1) is 30.7 Å². The van der Waals surface area contributed by atoms with E-state index < -0.39 is 0 Å². The minimum Gasteiger partial charge on any atom is -0.423 e. The number of aromatic nitrogens is 1. The molecule has 0 aliphatic carbocycles. The van der Waals surface area contributed by atoms with Crippen molar-refractivity contribution in [3.63, 3.8) is 0 Å². The molecule has 2 aliphatic heterocycles. The van der Waals surface area contributed by atoms with Crippen LogP contribution >= 0.6 is 0 Å². The Morgan fingerprint density at radius 2 is 1.83 bits per heavy atom. The lowest BCUT2D eigenvalue weighted by atomic mass is 10.1. The first kappa shape index (κ1) is 14.6. The van der Waals surface area contributed by atoms with E-state index in [4.69, 9.17) is 14.9 Å². The number of hydrogen-bond acceptors (Lipinski definition) is 7. The van der Waals surface area contributed by atoms with Crippen LogP contribution in [-0.4, -0.2) is 55.6 Å². The van der Waals surface area contributed by atoms with Crippen LogP contribution in [0.15, 0.2) is 16.5 Å². The smallest absolute Gasteiger partial charge is 0.298 e. The number of rotatable bonds is 2. The van der Waals surface area contributed by atoms with Gasteiger partial charge in [0.25, 0.3) is 6.01 Å². The van der Waals surface area contributed by atoms with E-state index in [1.54, 1.807) is 0 Å². The van der Waals surface area contributed by atoms with Crippen molar-refractivity contribution in [2.75, 3.05) is 54.9 Å². The fourth-order valence-corrected chi connectivity index (χ4v) is 3.24. The van der Waals surface area contributed by atoms with E-state index in [0.717, 1.165) is 50.2 Å². The molecule has 2 aromatic rings. The first-order valence-electron chi connectivity index (χ1n) is 8.16. The summed E-state index contributed by atoms with van der Waals surface area (Å²) in [4.78, 5) is 8.93. The number of piperidine rings is 1. The van der Waals surface area contributed by atoms with Gasteiger partial charge >= 0.3 is 0 Å². The molecule has 124 valence electrons. The number of nitrogen functional groups attached to an aromatic ring is 1. The molecule has 7 nitrogen and oxygen atoms in total. The number of oxazole rings is 1. The maximum absolute atomic E-state index is 9.66. The normalized spacial score (nSPS) is 20.4. The first-order chi connectivity index (χ1) is 11.2. The van der Waals surface area contributed by atoms with Gasteiger partial charge in [-0.15, -0.1) is 0 Å². The molecule has 0 radical (unpaired) electrons. The van der Waals surface area contributed by atoms with Gasteiger partial charge in [-0.3, -0.25) is 0 Å². The molecule has 2 aliphatic rings. The highest BCUT2D eigenvalue weighted by Crippen LogP contribution is 2.33. The fourth-order valence-electron chi connectivity index (χ4n) is 3.24. The third-order valence-corrected chi connectivity index (χ3v) is 4.61. The Morgan fingerprint density at radius 1 is 1.09 bits per heavy atom. The number of fused-ring (bicyclic) bond motifs is 1. The van der Waals surface area contributed by atoms with E-state index in [9.17, 15) is 5.11 Å². The predicted molar refractivity (Wildman–Crippen MR) is 88.9 cm³/mol. The van der Waals surface area contributed by atoms with Crippen LogP contribution in [-0.2, 0) is 4.74 Å². The quantitative estimate of drug-likeness (QED) is 0.805. The highest BCUT2D eigenvalue weighted by molar-refractivity contribution is 5.87. The minimum atomic E-state index is -0.198. The summed E-state index contributed by atoms with van der Waals surface area (Å²) in [7, 11) is 0. The van der Waals surface area contributed by atoms with Crippen molar-refractivity contribution >= 4 is 28.5 Å². The molecule has 0 saturated carbocycles. The molecule has 0 amide bonds. The Morgan fingerprint density at radius 3 is 2.57 bits per heavy atom. The number of hydrogen-bond donors (Lipinski definition) is 2. The molecule has 23 heavy (non-hydrogen) atoms. The van der Waals surface area contributed by atoms with Gasteiger partial charge in [0, 0.05) is 32.2 Å². The molecule has 0 spiro atoms. The highest BCUT2D eigenvalue weighted by atomic mass is 16.5. The van der Waals surface area contributed by atoms with Gasteiger partial charge in [-0.2, -0.15) is 4.98 Å². The van der Waals surface area contributed by atoms with Crippen LogP contribution in [0.2, 0.25) is 0 Å². The Balaban J connectivity index is 1.63. The summed E-state index contributed by atoms with van der Waals surface area (Å²) in [6.45, 7) is 4.60. The Labute approximate surface area is 134 Å². The van der Waals surface area contributed by atoms with Crippen molar-refractivity contribution < 1.29 is 14.3 Å². The fraction of sp³-hybridized carbons (Fsp3) is 0.562. The molecule has 3 heterocycles. The Hall–Kier alpha value is -1.99. The van der Waals surface area contributed by atoms with E-state index in [0.29, 0.717) is 30.5 Å². The van der Waals surface area contributed by atoms with Crippen LogP contribution < -0.4 is 15.5 Å². The lowest BCUT2D eigenvalue weighted by Crippen LogP contribution is -2.36. The van der Waals surface area contributed by atoms with Gasteiger partial charge in [-0.1, -0.05) is 0 Å². The van der Waals surface area contributed by atoms with Gasteiger partial charge in [0.1, 0.15) is 5.52 Å². The molecule has 0 atom stereocenters. The van der Waals surface area contributed by atoms with E-state index in [2.05, 4.69) is 14.8 Å². The third kappa shape index (κ3) is 2.82. The van der Waals surface area contributed by atoms with Crippen molar-refractivity contribution in [1.29, 1.82) is 0 Å². The van der Waals surface area contributed by atoms with E-state index >= 15 is 0 Å². The number of nitrogens with two attached hydrogens (primary N) is 1. The van der Waals surface area contributed by atoms with Gasteiger partial charge in [0.15, 0.2) is 5.58 Å². The summed E-state index contributed by atoms with van der Waals surface area (Å²) in [5.41, 5.74) is 9.42. The molecule has 1 aromatic carbocycles. The highest BCUT2D eigenvalue weighted by Gasteiger charge is 2.22. The Bertz CT molecular complexity index is 688. The molecule has 1 aromatic heterocycles. The first-order valence-corrected chi connectivity index (χ1v) is 8.16. The van der Waals surface area contributed by atoms with Crippen LogP contribution in [0.4, 0.5) is 17.4 Å². The van der Waals surface area contributed by atoms with Crippen LogP contribution in [0.25, 0.3) is 11.1 Å². The number of aliphatic hydroxyl groups excluding tert-OH is 1. The van der Waals surface area contributed by atoms with Gasteiger partial charge in [-0.05, 0) is 18.9 Å². The third-order valence-electron chi connectivity index (χ3n) is 4.61. The lowest BCUT2D eigenvalue weighted by molar-refractivity contribution is 0.120. The average molecular weight is 318 g/mol. The summed E-state index contributed by atoms with van der Waals surface area (Å²) in [5, 5.41) is 9.66. The summed E-state index contributed by atoms with van der Waals surface area (Å²) >= 11 is 0. The molecular formula is C16H22N4O3. The summed E-state index contributed by atoms with van der Waals surface area (Å²) in [6.07, 6.45) is 1.35. The van der Waals surface area contributed by atoms with E-state index in [-0.39, 0.29) is 6.10 Å². The van der Waals surface area contributed by atoms with Gasteiger partial charge in [0.2, 0.25) is 0 Å². The lowest BCUT2D eigenvalue weighted by Gasteiger charge is -2.32. The molecule has 2 fully saturated rings. The zero-order valence-corrected chi connectivity index (χ0v) is 13.1. The average Bonchev–Trinajstić information content (AvgIpc) is 2.98. The number of benzene rings is 1. The summed E-state index contributed by atoms with van der Waals surface area (Å²) in [5.74, 6) is 0. The topological polar surface area (TPSA) is 88.0 Å². The standard InChI is InChI=1S/C16H22N4O3/c17-12-9-15-13(10-14(12)19-3-1-11(21)2-4-19)18-16(23-15)20-5-7-22-8-6-20/h9-11,21H,1-8,17H2. The zero-order valence-electron chi connectivity index (χ0n) is 13.1. The van der Waals surface area contributed by atoms with Crippen molar-refractivity contribution in [1.82, 2.24) is 4.98 Å². The summed E-state index contributed by atoms with van der Waals surface area (Å²) in [6, 6.07) is 4.48. The predicted octanol–water partition coefficient (Wildman–Crippen LogP) is 1.21. The molecule has 0 bridgehead atoms. The second kappa shape index (κ2) is 5.90. The molecule has 4 rings (SSSR count). The number of morpholine rings is 1. The summed E-state index contributed by atoms with van der Waals surface area (Å²) < 4.78 is 11.2. The number of nitrogens with zero attached hydrogens (tertiary/aromatic N) is 3. The van der Waals surface area contributed by atoms with E-state index in [1.807, 2.05) is 12.1 Å². The largest absolute Gasteiger partial charge is 0.423 e. The minimum absolute atomic E-state index is 0.198. The molecular weight excluding hydrogens is 296 g/mol. The number of ether oxygens (including phenoxy) is 1. The monoisotopic (exact) mass is 318 g/mol. The molecule has 2 saturated heterocycles. The molecule has 3 N–H and O–H groups in total. The SMILES string of the molecule is Nc1cc2oc(N3CCOCC3)nc2cc1N1CCC(O)CC1. The van der Waals surface area contributed by atoms with Crippen molar-refractivity contribution in [2.24, 2.45) is 0 Å². The second-order valence-corrected chi connectivity index (χ2v) is 6.19. The van der Waals surface area contributed by atoms with Gasteiger partial charge < -0.3 is 29.8 Å². The Kier molecular flexibility index (Phi) is 3.74. The van der Waals surface area contributed by atoms with E-state index in [1.165, 1.54) is 0 Å². The second-order valence-electron chi connectivity index (χ2n) is 6.19. The van der Waals surface area contributed by atoms with Crippen LogP contribution in [0, 0.1) is 0 Å². The number of anilines is 3. The number of aliphatic hydroxyl groups is 1. The van der Waals surface area contributed by atoms with Crippen molar-refractivity contribution in [3.8, 4) is 0 Å². The molecule has 0 unspecified atom stereocenters. The molecule has 7 heteroatoms. The van der Waals surface area contributed by atoms with Crippen molar-refractivity contribution in [3.05, 3.63) is 12.1 Å². The zero-order chi connectivity index (χ0) is 15.8.